The molecule has 3 aromatic rings. The van der Waals surface area contributed by atoms with E-state index in [2.05, 4.69) is 10.3 Å². The number of thiazole rings is 1. The van der Waals surface area contributed by atoms with Crippen molar-refractivity contribution in [1.29, 1.82) is 0 Å². The van der Waals surface area contributed by atoms with E-state index in [9.17, 15) is 13.2 Å². The summed E-state index contributed by atoms with van der Waals surface area (Å²) in [5.41, 5.74) is 0.890. The van der Waals surface area contributed by atoms with E-state index in [1.807, 2.05) is 6.07 Å². The molecular weight excluding hydrogens is 419 g/mol. The van der Waals surface area contributed by atoms with Crippen LogP contribution in [-0.2, 0) is 16.3 Å². The van der Waals surface area contributed by atoms with Crippen LogP contribution in [0, 0.1) is 0 Å². The first-order valence-electron chi connectivity index (χ1n) is 7.22. The molecule has 2 aromatic heterocycles. The number of sulfone groups is 1. The number of hydrogen-bond acceptors (Lipinski definition) is 6. The number of anilines is 1. The monoisotopic (exact) mass is 430 g/mol. The van der Waals surface area contributed by atoms with Gasteiger partial charge in [0, 0.05) is 33.8 Å². The molecule has 1 aromatic carbocycles. The van der Waals surface area contributed by atoms with Gasteiger partial charge in [0.2, 0.25) is 14.9 Å². The Balaban J connectivity index is 1.70. The van der Waals surface area contributed by atoms with Crippen LogP contribution in [0.2, 0.25) is 10.0 Å². The van der Waals surface area contributed by atoms with Crippen LogP contribution in [-0.4, -0.2) is 25.6 Å². The van der Waals surface area contributed by atoms with Gasteiger partial charge < -0.3 is 4.42 Å². The van der Waals surface area contributed by atoms with Gasteiger partial charge in [0.15, 0.2) is 10.9 Å². The molecule has 10 heteroatoms. The summed E-state index contributed by atoms with van der Waals surface area (Å²) in [7, 11) is -3.51. The Labute approximate surface area is 163 Å². The smallest absolute Gasteiger partial charge is 0.293 e. The Morgan fingerprint density at radius 2 is 2.04 bits per heavy atom. The number of carbonyl (C=O) groups is 1. The van der Waals surface area contributed by atoms with E-state index in [1.54, 1.807) is 18.3 Å². The van der Waals surface area contributed by atoms with Crippen molar-refractivity contribution in [2.24, 2.45) is 0 Å². The maximum Gasteiger partial charge on any atom is 0.293 e. The molecule has 0 bridgehead atoms. The maximum atomic E-state index is 12.1. The van der Waals surface area contributed by atoms with E-state index in [-0.39, 0.29) is 10.9 Å². The first-order valence-corrected chi connectivity index (χ1v) is 10.7. The Morgan fingerprint density at radius 1 is 1.27 bits per heavy atom. The van der Waals surface area contributed by atoms with Crippen molar-refractivity contribution in [2.45, 2.75) is 11.5 Å². The number of benzene rings is 1. The molecule has 0 fully saturated rings. The summed E-state index contributed by atoms with van der Waals surface area (Å²) < 4.78 is 27.9. The largest absolute Gasteiger partial charge is 0.440 e. The average Bonchev–Trinajstić information content (AvgIpc) is 3.19. The highest BCUT2D eigenvalue weighted by Gasteiger charge is 2.18. The van der Waals surface area contributed by atoms with Gasteiger partial charge in [0.05, 0.1) is 0 Å². The Bertz CT molecular complexity index is 1070. The normalized spacial score (nSPS) is 11.5. The Kier molecular flexibility index (Phi) is 5.38. The zero-order valence-electron chi connectivity index (χ0n) is 13.3. The van der Waals surface area contributed by atoms with Crippen molar-refractivity contribution < 1.29 is 17.6 Å². The summed E-state index contributed by atoms with van der Waals surface area (Å²) in [5.74, 6) is -0.687. The lowest BCUT2D eigenvalue weighted by Gasteiger charge is -2.02. The van der Waals surface area contributed by atoms with Gasteiger partial charge in [0.1, 0.15) is 0 Å². The number of aromatic nitrogens is 1. The molecular formula is C16H12Cl2N2O4S2. The van der Waals surface area contributed by atoms with Gasteiger partial charge in [-0.05, 0) is 29.8 Å². The second-order valence-electron chi connectivity index (χ2n) is 5.39. The van der Waals surface area contributed by atoms with Crippen molar-refractivity contribution in [3.05, 3.63) is 62.8 Å². The number of furan rings is 1. The topological polar surface area (TPSA) is 89.3 Å². The lowest BCUT2D eigenvalue weighted by atomic mass is 10.1. The molecule has 3 rings (SSSR count). The fraction of sp³-hybridized carbons (Fsp3) is 0.125. The highest BCUT2D eigenvalue weighted by molar-refractivity contribution is 7.90. The lowest BCUT2D eigenvalue weighted by Crippen LogP contribution is -2.10. The quantitative estimate of drug-likeness (QED) is 0.651. The second-order valence-corrected chi connectivity index (χ2v) is 9.29. The molecule has 2 heterocycles. The van der Waals surface area contributed by atoms with Crippen LogP contribution in [0.3, 0.4) is 0 Å². The van der Waals surface area contributed by atoms with E-state index in [4.69, 9.17) is 27.6 Å². The van der Waals surface area contributed by atoms with Gasteiger partial charge in [-0.3, -0.25) is 10.1 Å². The van der Waals surface area contributed by atoms with Gasteiger partial charge in [-0.1, -0.05) is 29.3 Å². The molecule has 0 radical (unpaired) electrons. The van der Waals surface area contributed by atoms with Crippen molar-refractivity contribution >= 4 is 55.4 Å². The van der Waals surface area contributed by atoms with Crippen LogP contribution >= 0.6 is 34.5 Å². The molecule has 0 spiro atoms. The zero-order valence-corrected chi connectivity index (χ0v) is 16.5. The lowest BCUT2D eigenvalue weighted by molar-refractivity contribution is 0.0991. The number of amides is 1. The highest BCUT2D eigenvalue weighted by Crippen LogP contribution is 2.27. The minimum atomic E-state index is -3.51. The zero-order chi connectivity index (χ0) is 18.9. The third-order valence-corrected chi connectivity index (χ3v) is 5.77. The first-order chi connectivity index (χ1) is 12.2. The van der Waals surface area contributed by atoms with E-state index in [0.29, 0.717) is 21.6 Å². The molecule has 26 heavy (non-hydrogen) atoms. The molecule has 1 N–H and O–H groups in total. The molecule has 0 unspecified atom stereocenters. The van der Waals surface area contributed by atoms with Crippen LogP contribution in [0.15, 0.2) is 46.0 Å². The summed E-state index contributed by atoms with van der Waals surface area (Å²) in [6.07, 6.45) is 3.18. The fourth-order valence-electron chi connectivity index (χ4n) is 2.10. The number of nitrogens with one attached hydrogen (secondary N) is 1. The number of carbonyl (C=O) groups excluding carboxylic acids is 1. The van der Waals surface area contributed by atoms with Crippen molar-refractivity contribution in [3.8, 4) is 0 Å². The molecule has 136 valence electrons. The second kappa shape index (κ2) is 7.40. The SMILES string of the molecule is CS(=O)(=O)c1ccc(C(=O)Nc2ncc(Cc3ccc(Cl)cc3Cl)s2)o1. The Hall–Kier alpha value is -1.87. The predicted molar refractivity (Wildman–Crippen MR) is 101 cm³/mol. The number of nitrogens with zero attached hydrogens (tertiary/aromatic N) is 1. The summed E-state index contributed by atoms with van der Waals surface area (Å²) >= 11 is 13.3. The summed E-state index contributed by atoms with van der Waals surface area (Å²) in [4.78, 5) is 17.2. The van der Waals surface area contributed by atoms with Crippen LogP contribution < -0.4 is 5.32 Å². The third kappa shape index (κ3) is 4.45. The van der Waals surface area contributed by atoms with E-state index in [0.717, 1.165) is 16.7 Å². The molecule has 1 amide bonds. The molecule has 0 aliphatic heterocycles. The number of hydrogen-bond donors (Lipinski definition) is 1. The average molecular weight is 431 g/mol. The molecule has 0 saturated heterocycles. The van der Waals surface area contributed by atoms with Crippen LogP contribution in [0.4, 0.5) is 5.13 Å². The van der Waals surface area contributed by atoms with Gasteiger partial charge in [0.25, 0.3) is 5.91 Å². The highest BCUT2D eigenvalue weighted by atomic mass is 35.5. The molecule has 0 saturated carbocycles. The Morgan fingerprint density at radius 3 is 2.69 bits per heavy atom. The van der Waals surface area contributed by atoms with Gasteiger partial charge >= 0.3 is 0 Å². The van der Waals surface area contributed by atoms with Gasteiger partial charge in [-0.2, -0.15) is 0 Å². The van der Waals surface area contributed by atoms with E-state index >= 15 is 0 Å². The van der Waals surface area contributed by atoms with Crippen LogP contribution in [0.25, 0.3) is 0 Å². The number of halogens is 2. The first kappa shape index (κ1) is 18.9. The fourth-order valence-corrected chi connectivity index (χ4v) is 3.96. The maximum absolute atomic E-state index is 12.1. The van der Waals surface area contributed by atoms with Crippen molar-refractivity contribution in [1.82, 2.24) is 4.98 Å². The predicted octanol–water partition coefficient (Wildman–Crippen LogP) is 4.29. The minimum absolute atomic E-state index is 0.108. The molecule has 0 atom stereocenters. The van der Waals surface area contributed by atoms with Crippen molar-refractivity contribution in [2.75, 3.05) is 11.6 Å². The number of rotatable bonds is 5. The van der Waals surface area contributed by atoms with E-state index < -0.39 is 15.7 Å². The van der Waals surface area contributed by atoms with Crippen LogP contribution in [0.5, 0.6) is 0 Å². The van der Waals surface area contributed by atoms with E-state index in [1.165, 1.54) is 23.5 Å². The molecule has 6 nitrogen and oxygen atoms in total. The molecule has 0 aliphatic carbocycles. The van der Waals surface area contributed by atoms with Gasteiger partial charge in [-0.25, -0.2) is 13.4 Å². The van der Waals surface area contributed by atoms with Gasteiger partial charge in [-0.15, -0.1) is 11.3 Å². The minimum Gasteiger partial charge on any atom is -0.440 e. The molecule has 0 aliphatic rings. The summed E-state index contributed by atoms with van der Waals surface area (Å²) in [6.45, 7) is 0. The standard InChI is InChI=1S/C16H12Cl2N2O4S2/c1-26(22,23)14-5-4-13(24-14)15(21)20-16-19-8-11(25-16)6-9-2-3-10(17)7-12(9)18/h2-5,7-8H,6H2,1H3,(H,19,20,21). The summed E-state index contributed by atoms with van der Waals surface area (Å²) in [5, 5.41) is 3.80. The summed E-state index contributed by atoms with van der Waals surface area (Å²) in [6, 6.07) is 7.78. The van der Waals surface area contributed by atoms with Crippen LogP contribution in [0.1, 0.15) is 21.0 Å². The third-order valence-electron chi connectivity index (χ3n) is 3.32. The van der Waals surface area contributed by atoms with Crippen molar-refractivity contribution in [3.63, 3.8) is 0 Å².